The summed E-state index contributed by atoms with van der Waals surface area (Å²) in [5, 5.41) is 3.99. The SMILES string of the molecule is Nc1ccc(-c2noc(-c3cc(Br)cc(Br)c3)n2)cc1. The van der Waals surface area contributed by atoms with Gasteiger partial charge in [0.2, 0.25) is 5.82 Å². The molecule has 3 rings (SSSR count). The van der Waals surface area contributed by atoms with Gasteiger partial charge in [-0.05, 0) is 42.5 Å². The average molecular weight is 395 g/mol. The van der Waals surface area contributed by atoms with E-state index in [2.05, 4.69) is 42.0 Å². The Kier molecular flexibility index (Phi) is 3.58. The predicted octanol–water partition coefficient (Wildman–Crippen LogP) is 4.51. The van der Waals surface area contributed by atoms with Crippen molar-refractivity contribution in [1.82, 2.24) is 10.1 Å². The zero-order valence-corrected chi connectivity index (χ0v) is 13.3. The normalized spacial score (nSPS) is 10.7. The first-order valence-electron chi connectivity index (χ1n) is 5.78. The van der Waals surface area contributed by atoms with Crippen LogP contribution in [0.25, 0.3) is 22.8 Å². The molecule has 0 fully saturated rings. The monoisotopic (exact) mass is 393 g/mol. The number of rotatable bonds is 2. The summed E-state index contributed by atoms with van der Waals surface area (Å²) in [4.78, 5) is 4.40. The van der Waals surface area contributed by atoms with Gasteiger partial charge in [0.15, 0.2) is 0 Å². The number of nitrogen functional groups attached to an aromatic ring is 1. The van der Waals surface area contributed by atoms with Crippen LogP contribution in [0.1, 0.15) is 0 Å². The average Bonchev–Trinajstić information content (AvgIpc) is 2.88. The van der Waals surface area contributed by atoms with E-state index in [0.717, 1.165) is 20.1 Å². The molecule has 1 heterocycles. The molecule has 0 unspecified atom stereocenters. The van der Waals surface area contributed by atoms with Crippen LogP contribution in [0.4, 0.5) is 5.69 Å². The van der Waals surface area contributed by atoms with Crippen LogP contribution in [-0.4, -0.2) is 10.1 Å². The van der Waals surface area contributed by atoms with Crippen molar-refractivity contribution in [3.05, 3.63) is 51.4 Å². The molecule has 3 aromatic rings. The lowest BCUT2D eigenvalue weighted by atomic mass is 10.2. The summed E-state index contributed by atoms with van der Waals surface area (Å²) in [5.74, 6) is 1.01. The van der Waals surface area contributed by atoms with Crippen molar-refractivity contribution in [2.75, 3.05) is 5.73 Å². The van der Waals surface area contributed by atoms with Gasteiger partial charge in [-0.3, -0.25) is 0 Å². The third kappa shape index (κ3) is 2.76. The summed E-state index contributed by atoms with van der Waals surface area (Å²) in [6, 6.07) is 13.1. The minimum atomic E-state index is 0.471. The number of halogens is 2. The van der Waals surface area contributed by atoms with Gasteiger partial charge in [-0.1, -0.05) is 37.0 Å². The van der Waals surface area contributed by atoms with Crippen LogP contribution >= 0.6 is 31.9 Å². The second-order valence-electron chi connectivity index (χ2n) is 4.20. The molecule has 0 bridgehead atoms. The van der Waals surface area contributed by atoms with Crippen LogP contribution in [0.15, 0.2) is 55.9 Å². The summed E-state index contributed by atoms with van der Waals surface area (Å²) >= 11 is 6.87. The van der Waals surface area contributed by atoms with Crippen molar-refractivity contribution in [3.8, 4) is 22.8 Å². The molecule has 0 amide bonds. The molecule has 20 heavy (non-hydrogen) atoms. The van der Waals surface area contributed by atoms with Crippen LogP contribution in [0, 0.1) is 0 Å². The number of hydrogen-bond acceptors (Lipinski definition) is 4. The van der Waals surface area contributed by atoms with Gasteiger partial charge in [0.25, 0.3) is 5.89 Å². The number of anilines is 1. The van der Waals surface area contributed by atoms with Crippen LogP contribution in [0.2, 0.25) is 0 Å². The summed E-state index contributed by atoms with van der Waals surface area (Å²) in [5.41, 5.74) is 8.07. The van der Waals surface area contributed by atoms with E-state index < -0.39 is 0 Å². The van der Waals surface area contributed by atoms with Crippen molar-refractivity contribution in [1.29, 1.82) is 0 Å². The lowest BCUT2D eigenvalue weighted by Crippen LogP contribution is -1.85. The first kappa shape index (κ1) is 13.3. The largest absolute Gasteiger partial charge is 0.399 e. The molecular formula is C14H9Br2N3O. The maximum absolute atomic E-state index is 5.66. The van der Waals surface area contributed by atoms with E-state index in [4.69, 9.17) is 10.3 Å². The molecule has 6 heteroatoms. The lowest BCUT2D eigenvalue weighted by Gasteiger charge is -1.97. The number of nitrogens with two attached hydrogens (primary N) is 1. The topological polar surface area (TPSA) is 64.9 Å². The maximum atomic E-state index is 5.66. The summed E-state index contributed by atoms with van der Waals surface area (Å²) in [6.07, 6.45) is 0. The fourth-order valence-electron chi connectivity index (χ4n) is 1.77. The Morgan fingerprint density at radius 3 is 2.20 bits per heavy atom. The van der Waals surface area contributed by atoms with Gasteiger partial charge in [-0.25, -0.2) is 0 Å². The van der Waals surface area contributed by atoms with Gasteiger partial charge >= 0.3 is 0 Å². The van der Waals surface area contributed by atoms with Crippen molar-refractivity contribution in [2.45, 2.75) is 0 Å². The number of aromatic nitrogens is 2. The fraction of sp³-hybridized carbons (Fsp3) is 0. The quantitative estimate of drug-likeness (QED) is 0.649. The second-order valence-corrected chi connectivity index (χ2v) is 6.03. The van der Waals surface area contributed by atoms with E-state index in [9.17, 15) is 0 Å². The Hall–Kier alpha value is -1.66. The van der Waals surface area contributed by atoms with Gasteiger partial charge in [0.05, 0.1) is 0 Å². The Morgan fingerprint density at radius 1 is 0.900 bits per heavy atom. The Labute approximate surface area is 132 Å². The molecule has 0 spiro atoms. The predicted molar refractivity (Wildman–Crippen MR) is 85.0 cm³/mol. The minimum Gasteiger partial charge on any atom is -0.399 e. The smallest absolute Gasteiger partial charge is 0.258 e. The van der Waals surface area contributed by atoms with Crippen LogP contribution in [0.5, 0.6) is 0 Å². The van der Waals surface area contributed by atoms with E-state index in [-0.39, 0.29) is 0 Å². The molecule has 2 N–H and O–H groups in total. The summed E-state index contributed by atoms with van der Waals surface area (Å²) < 4.78 is 7.19. The zero-order chi connectivity index (χ0) is 14.1. The summed E-state index contributed by atoms with van der Waals surface area (Å²) in [6.45, 7) is 0. The third-order valence-corrected chi connectivity index (χ3v) is 3.62. The standard InChI is InChI=1S/C14H9Br2N3O/c15-10-5-9(6-11(16)7-10)14-18-13(19-20-14)8-1-3-12(17)4-2-8/h1-7H,17H2. The van der Waals surface area contributed by atoms with Gasteiger partial charge in [0.1, 0.15) is 0 Å². The Bertz CT molecular complexity index is 733. The van der Waals surface area contributed by atoms with Gasteiger partial charge in [-0.15, -0.1) is 0 Å². The molecule has 0 radical (unpaired) electrons. The van der Waals surface area contributed by atoms with E-state index in [1.54, 1.807) is 12.1 Å². The van der Waals surface area contributed by atoms with Gasteiger partial charge < -0.3 is 10.3 Å². The van der Waals surface area contributed by atoms with Crippen molar-refractivity contribution >= 4 is 37.5 Å². The molecule has 0 saturated heterocycles. The highest BCUT2D eigenvalue weighted by atomic mass is 79.9. The highest BCUT2D eigenvalue weighted by Crippen LogP contribution is 2.28. The number of benzene rings is 2. The molecule has 0 saturated carbocycles. The molecule has 100 valence electrons. The van der Waals surface area contributed by atoms with E-state index in [0.29, 0.717) is 17.4 Å². The highest BCUT2D eigenvalue weighted by Gasteiger charge is 2.11. The van der Waals surface area contributed by atoms with E-state index >= 15 is 0 Å². The zero-order valence-electron chi connectivity index (χ0n) is 10.2. The van der Waals surface area contributed by atoms with Crippen LogP contribution in [-0.2, 0) is 0 Å². The number of nitrogens with zero attached hydrogens (tertiary/aromatic N) is 2. The molecule has 2 aromatic carbocycles. The molecule has 0 aliphatic heterocycles. The third-order valence-electron chi connectivity index (χ3n) is 2.70. The summed E-state index contributed by atoms with van der Waals surface area (Å²) in [7, 11) is 0. The van der Waals surface area contributed by atoms with E-state index in [1.165, 1.54) is 0 Å². The first-order chi connectivity index (χ1) is 9.61. The maximum Gasteiger partial charge on any atom is 0.258 e. The molecule has 4 nitrogen and oxygen atoms in total. The van der Waals surface area contributed by atoms with Crippen LogP contribution in [0.3, 0.4) is 0 Å². The molecule has 0 aliphatic rings. The van der Waals surface area contributed by atoms with Gasteiger partial charge in [0, 0.05) is 25.8 Å². The van der Waals surface area contributed by atoms with Crippen molar-refractivity contribution in [2.24, 2.45) is 0 Å². The van der Waals surface area contributed by atoms with Crippen LogP contribution < -0.4 is 5.73 Å². The fourth-order valence-corrected chi connectivity index (χ4v) is 3.06. The molecule has 1 aromatic heterocycles. The van der Waals surface area contributed by atoms with Gasteiger partial charge in [-0.2, -0.15) is 4.98 Å². The lowest BCUT2D eigenvalue weighted by molar-refractivity contribution is 0.432. The highest BCUT2D eigenvalue weighted by molar-refractivity contribution is 9.11. The van der Waals surface area contributed by atoms with E-state index in [1.807, 2.05) is 30.3 Å². The number of hydrogen-bond donors (Lipinski definition) is 1. The second kappa shape index (κ2) is 5.38. The molecule has 0 aliphatic carbocycles. The molecular weight excluding hydrogens is 386 g/mol. The Morgan fingerprint density at radius 2 is 1.55 bits per heavy atom. The minimum absolute atomic E-state index is 0.471. The van der Waals surface area contributed by atoms with Crippen molar-refractivity contribution in [3.63, 3.8) is 0 Å². The Balaban J connectivity index is 1.99. The van der Waals surface area contributed by atoms with Crippen molar-refractivity contribution < 1.29 is 4.52 Å². The molecule has 0 atom stereocenters. The first-order valence-corrected chi connectivity index (χ1v) is 7.36.